The maximum Gasteiger partial charge on any atom is 0.471 e. The first-order valence-corrected chi connectivity index (χ1v) is 4.71. The lowest BCUT2D eigenvalue weighted by Crippen LogP contribution is -2.27. The van der Waals surface area contributed by atoms with Crippen LogP contribution in [-0.4, -0.2) is 16.7 Å². The molecule has 2 heterocycles. The fourth-order valence-electron chi connectivity index (χ4n) is 1.56. The van der Waals surface area contributed by atoms with E-state index in [-0.39, 0.29) is 11.9 Å². The summed E-state index contributed by atoms with van der Waals surface area (Å²) in [6.45, 7) is 0.778. The van der Waals surface area contributed by atoms with Crippen molar-refractivity contribution in [3.05, 3.63) is 11.7 Å². The Hall–Kier alpha value is -1.11. The van der Waals surface area contributed by atoms with Crippen LogP contribution in [-0.2, 0) is 6.18 Å². The van der Waals surface area contributed by atoms with E-state index in [4.69, 9.17) is 0 Å². The highest BCUT2D eigenvalue weighted by molar-refractivity contribution is 4.97. The van der Waals surface area contributed by atoms with Crippen molar-refractivity contribution in [1.29, 1.82) is 0 Å². The number of nitrogens with one attached hydrogen (secondary N) is 1. The number of aromatic nitrogens is 2. The van der Waals surface area contributed by atoms with E-state index >= 15 is 0 Å². The molecular formula is C8H10F3N3O. The van der Waals surface area contributed by atoms with E-state index in [0.29, 0.717) is 0 Å². The van der Waals surface area contributed by atoms with Crippen molar-refractivity contribution in [2.24, 2.45) is 0 Å². The summed E-state index contributed by atoms with van der Waals surface area (Å²) >= 11 is 0. The summed E-state index contributed by atoms with van der Waals surface area (Å²) in [5.41, 5.74) is 0. The Morgan fingerprint density at radius 3 is 2.67 bits per heavy atom. The van der Waals surface area contributed by atoms with Crippen molar-refractivity contribution in [2.75, 3.05) is 6.54 Å². The molecule has 15 heavy (non-hydrogen) atoms. The molecule has 0 radical (unpaired) electrons. The second-order valence-electron chi connectivity index (χ2n) is 3.46. The lowest BCUT2D eigenvalue weighted by molar-refractivity contribution is -0.159. The van der Waals surface area contributed by atoms with Crippen LogP contribution in [0.2, 0.25) is 0 Å². The molecule has 1 aromatic rings. The molecule has 0 aliphatic carbocycles. The molecular weight excluding hydrogens is 211 g/mol. The third-order valence-electron chi connectivity index (χ3n) is 2.31. The van der Waals surface area contributed by atoms with Gasteiger partial charge in [0.05, 0.1) is 6.04 Å². The van der Waals surface area contributed by atoms with Crippen LogP contribution in [0.3, 0.4) is 0 Å². The van der Waals surface area contributed by atoms with Gasteiger partial charge in [0.1, 0.15) is 0 Å². The SMILES string of the molecule is FC(F)(F)c1nc(C2CCCCN2)no1. The van der Waals surface area contributed by atoms with Crippen molar-refractivity contribution in [3.63, 3.8) is 0 Å². The number of rotatable bonds is 1. The van der Waals surface area contributed by atoms with Gasteiger partial charge >= 0.3 is 12.1 Å². The monoisotopic (exact) mass is 221 g/mol. The molecule has 1 fully saturated rings. The summed E-state index contributed by atoms with van der Waals surface area (Å²) in [6.07, 6.45) is -1.81. The van der Waals surface area contributed by atoms with Crippen molar-refractivity contribution >= 4 is 0 Å². The Balaban J connectivity index is 2.12. The fraction of sp³-hybridized carbons (Fsp3) is 0.750. The summed E-state index contributed by atoms with van der Waals surface area (Å²) in [7, 11) is 0. The number of hydrogen-bond acceptors (Lipinski definition) is 4. The van der Waals surface area contributed by atoms with Gasteiger partial charge in [-0.25, -0.2) is 0 Å². The van der Waals surface area contributed by atoms with E-state index in [0.717, 1.165) is 25.8 Å². The minimum atomic E-state index is -4.56. The third-order valence-corrected chi connectivity index (χ3v) is 2.31. The van der Waals surface area contributed by atoms with Gasteiger partial charge in [-0.1, -0.05) is 11.6 Å². The minimum Gasteiger partial charge on any atom is -0.329 e. The maximum atomic E-state index is 12.2. The Bertz CT molecular complexity index is 330. The van der Waals surface area contributed by atoms with E-state index in [1.54, 1.807) is 0 Å². The number of halogens is 3. The molecule has 1 aromatic heterocycles. The van der Waals surface area contributed by atoms with Gasteiger partial charge in [0, 0.05) is 0 Å². The summed E-state index contributed by atoms with van der Waals surface area (Å²) < 4.78 is 40.6. The van der Waals surface area contributed by atoms with E-state index in [1.807, 2.05) is 0 Å². The number of hydrogen-bond donors (Lipinski definition) is 1. The van der Waals surface area contributed by atoms with Gasteiger partial charge in [-0.3, -0.25) is 0 Å². The van der Waals surface area contributed by atoms with Gasteiger partial charge in [-0.05, 0) is 19.4 Å². The standard InChI is InChI=1S/C8H10F3N3O/c9-8(10,11)7-13-6(14-15-7)5-3-1-2-4-12-5/h5,12H,1-4H2. The zero-order chi connectivity index (χ0) is 10.9. The molecule has 4 nitrogen and oxygen atoms in total. The highest BCUT2D eigenvalue weighted by atomic mass is 19.4. The molecule has 1 saturated heterocycles. The first-order chi connectivity index (χ1) is 7.07. The molecule has 1 aliphatic rings. The normalized spacial score (nSPS) is 23.0. The molecule has 1 atom stereocenters. The Morgan fingerprint density at radius 2 is 2.13 bits per heavy atom. The second kappa shape index (κ2) is 3.80. The summed E-state index contributed by atoms with van der Waals surface area (Å²) in [5.74, 6) is -1.17. The molecule has 0 saturated carbocycles. The summed E-state index contributed by atoms with van der Waals surface area (Å²) in [4.78, 5) is 3.34. The van der Waals surface area contributed by atoms with E-state index in [2.05, 4.69) is 20.0 Å². The van der Waals surface area contributed by atoms with Crippen LogP contribution in [0.15, 0.2) is 4.52 Å². The van der Waals surface area contributed by atoms with Crippen LogP contribution in [0.1, 0.15) is 37.0 Å². The molecule has 1 unspecified atom stereocenters. The van der Waals surface area contributed by atoms with Crippen LogP contribution in [0, 0.1) is 0 Å². The average molecular weight is 221 g/mol. The van der Waals surface area contributed by atoms with Crippen LogP contribution in [0.4, 0.5) is 13.2 Å². The van der Waals surface area contributed by atoms with E-state index < -0.39 is 12.1 Å². The first-order valence-electron chi connectivity index (χ1n) is 4.71. The molecule has 0 aromatic carbocycles. The Morgan fingerprint density at radius 1 is 1.33 bits per heavy atom. The smallest absolute Gasteiger partial charge is 0.329 e. The van der Waals surface area contributed by atoms with Gasteiger partial charge in [0.25, 0.3) is 0 Å². The molecule has 1 N–H and O–H groups in total. The Labute approximate surface area is 83.8 Å². The lowest BCUT2D eigenvalue weighted by atomic mass is 10.0. The quantitative estimate of drug-likeness (QED) is 0.786. The molecule has 1 aliphatic heterocycles. The zero-order valence-corrected chi connectivity index (χ0v) is 7.84. The lowest BCUT2D eigenvalue weighted by Gasteiger charge is -2.19. The van der Waals surface area contributed by atoms with Crippen molar-refractivity contribution < 1.29 is 17.7 Å². The fourth-order valence-corrected chi connectivity index (χ4v) is 1.56. The van der Waals surface area contributed by atoms with Crippen LogP contribution >= 0.6 is 0 Å². The number of nitrogens with zero attached hydrogens (tertiary/aromatic N) is 2. The zero-order valence-electron chi connectivity index (χ0n) is 7.84. The molecule has 0 spiro atoms. The van der Waals surface area contributed by atoms with Crippen LogP contribution < -0.4 is 5.32 Å². The molecule has 0 bridgehead atoms. The minimum absolute atomic E-state index is 0.0991. The van der Waals surface area contributed by atoms with Gasteiger partial charge in [-0.2, -0.15) is 18.2 Å². The predicted octanol–water partition coefficient (Wildman–Crippen LogP) is 1.90. The van der Waals surface area contributed by atoms with E-state index in [1.165, 1.54) is 0 Å². The molecule has 84 valence electrons. The largest absolute Gasteiger partial charge is 0.471 e. The van der Waals surface area contributed by atoms with Crippen LogP contribution in [0.25, 0.3) is 0 Å². The van der Waals surface area contributed by atoms with Crippen molar-refractivity contribution in [1.82, 2.24) is 15.5 Å². The van der Waals surface area contributed by atoms with E-state index in [9.17, 15) is 13.2 Å². The average Bonchev–Trinajstić information content (AvgIpc) is 2.67. The van der Waals surface area contributed by atoms with Crippen molar-refractivity contribution in [2.45, 2.75) is 31.5 Å². The van der Waals surface area contributed by atoms with Crippen molar-refractivity contribution in [3.8, 4) is 0 Å². The molecule has 7 heteroatoms. The van der Waals surface area contributed by atoms with Gasteiger partial charge in [0.2, 0.25) is 0 Å². The van der Waals surface area contributed by atoms with Crippen LogP contribution in [0.5, 0.6) is 0 Å². The number of alkyl halides is 3. The molecule has 2 rings (SSSR count). The maximum absolute atomic E-state index is 12.2. The van der Waals surface area contributed by atoms with Gasteiger partial charge < -0.3 is 9.84 Å². The summed E-state index contributed by atoms with van der Waals surface area (Å²) in [6, 6.07) is -0.210. The van der Waals surface area contributed by atoms with Gasteiger partial charge in [-0.15, -0.1) is 0 Å². The highest BCUT2D eigenvalue weighted by Crippen LogP contribution is 2.29. The molecule has 0 amide bonds. The summed E-state index contributed by atoms with van der Waals surface area (Å²) in [5, 5.41) is 6.39. The number of piperidine rings is 1. The first kappa shape index (κ1) is 10.4. The van der Waals surface area contributed by atoms with Gasteiger partial charge in [0.15, 0.2) is 5.82 Å². The third kappa shape index (κ3) is 2.28. The Kier molecular flexibility index (Phi) is 2.64. The second-order valence-corrected chi connectivity index (χ2v) is 3.46. The topological polar surface area (TPSA) is 51.0 Å². The highest BCUT2D eigenvalue weighted by Gasteiger charge is 2.39. The predicted molar refractivity (Wildman–Crippen MR) is 43.9 cm³/mol.